The maximum absolute atomic E-state index is 13.0. The summed E-state index contributed by atoms with van der Waals surface area (Å²) in [6.07, 6.45) is 0.716. The first-order valence-corrected chi connectivity index (χ1v) is 10.4. The summed E-state index contributed by atoms with van der Waals surface area (Å²) in [6, 6.07) is 13.7. The van der Waals surface area contributed by atoms with Crippen LogP contribution in [0.2, 0.25) is 0 Å². The van der Waals surface area contributed by atoms with Crippen molar-refractivity contribution in [3.8, 4) is 11.5 Å². The maximum Gasteiger partial charge on any atom is 0.295 e. The average molecular weight is 422 g/mol. The minimum atomic E-state index is -0.675. The molecule has 2 heterocycles. The summed E-state index contributed by atoms with van der Waals surface area (Å²) >= 11 is 0. The van der Waals surface area contributed by atoms with Crippen molar-refractivity contribution < 1.29 is 24.2 Å². The number of ketones is 1. The molecule has 2 aliphatic heterocycles. The fourth-order valence-electron chi connectivity index (χ4n) is 4.00. The van der Waals surface area contributed by atoms with Gasteiger partial charge in [-0.05, 0) is 50.8 Å². The number of aliphatic hydroxyl groups is 1. The molecule has 7 nitrogen and oxygen atoms in total. The number of aliphatic hydroxyl groups excluding tert-OH is 1. The van der Waals surface area contributed by atoms with Crippen molar-refractivity contribution in [2.45, 2.75) is 12.5 Å². The molecule has 7 heteroatoms. The number of amides is 1. The Kier molecular flexibility index (Phi) is 5.95. The highest BCUT2D eigenvalue weighted by atomic mass is 16.6. The molecule has 0 bridgehead atoms. The van der Waals surface area contributed by atoms with Gasteiger partial charge in [0.1, 0.15) is 19.0 Å². The van der Waals surface area contributed by atoms with E-state index in [-0.39, 0.29) is 11.3 Å². The highest BCUT2D eigenvalue weighted by molar-refractivity contribution is 6.46. The minimum Gasteiger partial charge on any atom is -0.507 e. The number of carbonyl (C=O) groups is 2. The highest BCUT2D eigenvalue weighted by Gasteiger charge is 2.45. The van der Waals surface area contributed by atoms with E-state index in [0.717, 1.165) is 12.1 Å². The Morgan fingerprint density at radius 3 is 2.48 bits per heavy atom. The van der Waals surface area contributed by atoms with Gasteiger partial charge in [0.05, 0.1) is 11.6 Å². The number of rotatable bonds is 6. The zero-order valence-corrected chi connectivity index (χ0v) is 17.7. The van der Waals surface area contributed by atoms with Crippen LogP contribution in [-0.2, 0) is 9.59 Å². The van der Waals surface area contributed by atoms with Crippen LogP contribution in [0, 0.1) is 0 Å². The normalized spacial score (nSPS) is 19.8. The van der Waals surface area contributed by atoms with Gasteiger partial charge in [0.25, 0.3) is 11.7 Å². The third-order valence-electron chi connectivity index (χ3n) is 5.48. The molecule has 1 atom stereocenters. The van der Waals surface area contributed by atoms with Crippen molar-refractivity contribution >= 4 is 17.4 Å². The van der Waals surface area contributed by atoms with Crippen molar-refractivity contribution in [2.24, 2.45) is 0 Å². The van der Waals surface area contributed by atoms with Crippen LogP contribution in [0.15, 0.2) is 54.1 Å². The predicted octanol–water partition coefficient (Wildman–Crippen LogP) is 2.83. The second-order valence-corrected chi connectivity index (χ2v) is 7.92. The molecular formula is C24H26N2O5. The van der Waals surface area contributed by atoms with Gasteiger partial charge in [0, 0.05) is 12.1 Å². The smallest absolute Gasteiger partial charge is 0.295 e. The summed E-state index contributed by atoms with van der Waals surface area (Å²) in [5, 5.41) is 11.1. The van der Waals surface area contributed by atoms with Crippen molar-refractivity contribution in [1.29, 1.82) is 0 Å². The van der Waals surface area contributed by atoms with E-state index in [1.54, 1.807) is 23.1 Å². The van der Waals surface area contributed by atoms with E-state index in [2.05, 4.69) is 0 Å². The fourth-order valence-corrected chi connectivity index (χ4v) is 4.00. The lowest BCUT2D eigenvalue weighted by atomic mass is 9.95. The number of Topliss-reactive ketones (excluding diaryl/α,β-unsaturated/α-hetero) is 1. The molecule has 31 heavy (non-hydrogen) atoms. The number of nitrogens with zero attached hydrogens (tertiary/aromatic N) is 2. The molecular weight excluding hydrogens is 396 g/mol. The van der Waals surface area contributed by atoms with Crippen molar-refractivity contribution in [3.05, 3.63) is 65.2 Å². The van der Waals surface area contributed by atoms with E-state index < -0.39 is 17.7 Å². The van der Waals surface area contributed by atoms with Gasteiger partial charge >= 0.3 is 0 Å². The van der Waals surface area contributed by atoms with Crippen LogP contribution in [0.4, 0.5) is 0 Å². The lowest BCUT2D eigenvalue weighted by molar-refractivity contribution is -0.139. The van der Waals surface area contributed by atoms with Gasteiger partial charge < -0.3 is 24.4 Å². The molecule has 0 spiro atoms. The van der Waals surface area contributed by atoms with E-state index >= 15 is 0 Å². The van der Waals surface area contributed by atoms with Crippen molar-refractivity contribution in [1.82, 2.24) is 9.80 Å². The zero-order valence-electron chi connectivity index (χ0n) is 17.7. The Bertz CT molecular complexity index is 1020. The molecule has 4 rings (SSSR count). The van der Waals surface area contributed by atoms with Gasteiger partial charge in [-0.3, -0.25) is 9.59 Å². The molecule has 2 aromatic rings. The van der Waals surface area contributed by atoms with E-state index in [9.17, 15) is 14.7 Å². The van der Waals surface area contributed by atoms with Gasteiger partial charge in [-0.2, -0.15) is 0 Å². The van der Waals surface area contributed by atoms with E-state index in [4.69, 9.17) is 9.47 Å². The first-order valence-electron chi connectivity index (χ1n) is 10.4. The second-order valence-electron chi connectivity index (χ2n) is 7.92. The molecule has 1 N–H and O–H groups in total. The van der Waals surface area contributed by atoms with Crippen LogP contribution in [0.1, 0.15) is 23.6 Å². The van der Waals surface area contributed by atoms with Crippen LogP contribution >= 0.6 is 0 Å². The lowest BCUT2D eigenvalue weighted by Crippen LogP contribution is -2.32. The third kappa shape index (κ3) is 4.14. The number of likely N-dealkylation sites (tertiary alicyclic amines) is 1. The molecule has 1 fully saturated rings. The lowest BCUT2D eigenvalue weighted by Gasteiger charge is -2.26. The van der Waals surface area contributed by atoms with Gasteiger partial charge in [-0.25, -0.2) is 0 Å². The molecule has 0 radical (unpaired) electrons. The number of benzene rings is 2. The molecule has 162 valence electrons. The second kappa shape index (κ2) is 8.81. The number of ether oxygens (including phenoxy) is 2. The number of hydrogen-bond donors (Lipinski definition) is 1. The Morgan fingerprint density at radius 2 is 1.77 bits per heavy atom. The summed E-state index contributed by atoms with van der Waals surface area (Å²) in [5.74, 6) is -0.379. The van der Waals surface area contributed by atoms with E-state index in [1.807, 2.05) is 49.3 Å². The van der Waals surface area contributed by atoms with Crippen molar-refractivity contribution in [2.75, 3.05) is 40.4 Å². The summed E-state index contributed by atoms with van der Waals surface area (Å²) in [4.78, 5) is 29.5. The molecule has 1 amide bonds. The first-order chi connectivity index (χ1) is 15.0. The number of carbonyl (C=O) groups excluding carboxylic acids is 2. The Morgan fingerprint density at radius 1 is 1.06 bits per heavy atom. The largest absolute Gasteiger partial charge is 0.507 e. The minimum absolute atomic E-state index is 0.0951. The predicted molar refractivity (Wildman–Crippen MR) is 116 cm³/mol. The SMILES string of the molecule is CN(C)CCCN1C(=O)C(=O)C(=C(O)c2ccc3c(c2)OCCO3)[C@@H]1c1ccccc1. The fraction of sp³-hybridized carbons (Fsp3) is 0.333. The Balaban J connectivity index is 1.76. The molecule has 2 aromatic carbocycles. The van der Waals surface area contributed by atoms with Crippen LogP contribution in [-0.4, -0.2) is 67.0 Å². The topological polar surface area (TPSA) is 79.3 Å². The van der Waals surface area contributed by atoms with Crippen LogP contribution < -0.4 is 9.47 Å². The molecule has 0 aromatic heterocycles. The summed E-state index contributed by atoms with van der Waals surface area (Å²) in [6.45, 7) is 2.08. The van der Waals surface area contributed by atoms with Crippen LogP contribution in [0.25, 0.3) is 5.76 Å². The molecule has 2 aliphatic rings. The Hall–Kier alpha value is -3.32. The zero-order chi connectivity index (χ0) is 22.0. The summed E-state index contributed by atoms with van der Waals surface area (Å²) in [7, 11) is 3.93. The highest BCUT2D eigenvalue weighted by Crippen LogP contribution is 2.41. The molecule has 0 saturated carbocycles. The van der Waals surface area contributed by atoms with Gasteiger partial charge in [-0.15, -0.1) is 0 Å². The number of fused-ring (bicyclic) bond motifs is 1. The van der Waals surface area contributed by atoms with Crippen LogP contribution in [0.3, 0.4) is 0 Å². The summed E-state index contributed by atoms with van der Waals surface area (Å²) in [5.41, 5.74) is 1.29. The maximum atomic E-state index is 13.0. The molecule has 1 saturated heterocycles. The van der Waals surface area contributed by atoms with E-state index in [1.165, 1.54) is 0 Å². The van der Waals surface area contributed by atoms with E-state index in [0.29, 0.717) is 43.2 Å². The molecule has 0 aliphatic carbocycles. The summed E-state index contributed by atoms with van der Waals surface area (Å²) < 4.78 is 11.1. The standard InChI is InChI=1S/C24H26N2O5/c1-25(2)11-6-12-26-21(16-7-4-3-5-8-16)20(23(28)24(26)29)22(27)17-9-10-18-19(15-17)31-14-13-30-18/h3-5,7-10,15,21,27H,6,11-14H2,1-2H3/t21-/m0/s1. The van der Waals surface area contributed by atoms with Gasteiger partial charge in [-0.1, -0.05) is 30.3 Å². The monoisotopic (exact) mass is 422 g/mol. The third-order valence-corrected chi connectivity index (χ3v) is 5.48. The first kappa shape index (κ1) is 20.9. The Labute approximate surface area is 181 Å². The quantitative estimate of drug-likeness (QED) is 0.438. The van der Waals surface area contributed by atoms with Crippen LogP contribution in [0.5, 0.6) is 11.5 Å². The van der Waals surface area contributed by atoms with Gasteiger partial charge in [0.15, 0.2) is 11.5 Å². The van der Waals surface area contributed by atoms with Gasteiger partial charge in [0.2, 0.25) is 0 Å². The van der Waals surface area contributed by atoms with Crippen molar-refractivity contribution in [3.63, 3.8) is 0 Å². The molecule has 0 unspecified atom stereocenters. The number of hydrogen-bond acceptors (Lipinski definition) is 6. The average Bonchev–Trinajstić information content (AvgIpc) is 3.03.